The average molecular weight is 398 g/mol. The molecule has 2 aromatic rings. The first kappa shape index (κ1) is 19.6. The molecule has 1 atom stereocenters. The topological polar surface area (TPSA) is 91.1 Å². The van der Waals surface area contributed by atoms with Crippen molar-refractivity contribution < 1.29 is 9.53 Å². The van der Waals surface area contributed by atoms with E-state index in [2.05, 4.69) is 21.5 Å². The van der Waals surface area contributed by atoms with E-state index in [0.29, 0.717) is 23.1 Å². The van der Waals surface area contributed by atoms with Crippen molar-refractivity contribution in [2.45, 2.75) is 25.8 Å². The van der Waals surface area contributed by atoms with Crippen LogP contribution in [0.1, 0.15) is 24.6 Å². The van der Waals surface area contributed by atoms with Crippen LogP contribution in [-0.4, -0.2) is 40.5 Å². The van der Waals surface area contributed by atoms with Crippen molar-refractivity contribution >= 4 is 28.9 Å². The molecule has 0 saturated heterocycles. The minimum Gasteiger partial charge on any atom is -0.495 e. The summed E-state index contributed by atoms with van der Waals surface area (Å²) in [6.07, 6.45) is 8.29. The Kier molecular flexibility index (Phi) is 6.12. The summed E-state index contributed by atoms with van der Waals surface area (Å²) in [5, 5.41) is 12.2. The van der Waals surface area contributed by atoms with E-state index in [4.69, 9.17) is 21.6 Å². The lowest BCUT2D eigenvalue weighted by Crippen LogP contribution is -2.32. The fraction of sp³-hybridized carbons (Fsp3) is 0.300. The molecule has 1 aliphatic heterocycles. The number of halogens is 1. The molecule has 0 spiro atoms. The maximum Gasteiger partial charge on any atom is 0.230 e. The van der Waals surface area contributed by atoms with Gasteiger partial charge in [0.2, 0.25) is 5.91 Å². The van der Waals surface area contributed by atoms with Crippen molar-refractivity contribution in [3.05, 3.63) is 52.9 Å². The number of nitrogens with one attached hydrogen (secondary N) is 1. The molecule has 28 heavy (non-hydrogen) atoms. The highest BCUT2D eigenvalue weighted by atomic mass is 35.5. The first-order valence-corrected chi connectivity index (χ1v) is 9.18. The number of hydrogen-bond donors (Lipinski definition) is 1. The molecule has 1 N–H and O–H groups in total. The lowest BCUT2D eigenvalue weighted by Gasteiger charge is -2.28. The summed E-state index contributed by atoms with van der Waals surface area (Å²) in [5.74, 6) is 0.615. The summed E-state index contributed by atoms with van der Waals surface area (Å²) < 4.78 is 5.12. The molecule has 0 radical (unpaired) electrons. The summed E-state index contributed by atoms with van der Waals surface area (Å²) >= 11 is 5.94. The van der Waals surface area contributed by atoms with E-state index >= 15 is 0 Å². The number of nitriles is 1. The Morgan fingerprint density at radius 2 is 2.25 bits per heavy atom. The van der Waals surface area contributed by atoms with E-state index in [1.54, 1.807) is 17.2 Å². The van der Waals surface area contributed by atoms with E-state index in [1.165, 1.54) is 13.3 Å². The molecule has 1 unspecified atom stereocenters. The Morgan fingerprint density at radius 1 is 1.43 bits per heavy atom. The van der Waals surface area contributed by atoms with Gasteiger partial charge in [-0.1, -0.05) is 23.7 Å². The molecule has 3 heterocycles. The third-order valence-corrected chi connectivity index (χ3v) is 4.82. The number of hydrogen-bond acceptors (Lipinski definition) is 6. The van der Waals surface area contributed by atoms with Gasteiger partial charge in [0.15, 0.2) is 6.19 Å². The zero-order chi connectivity index (χ0) is 20.1. The molecule has 8 heteroatoms. The number of aromatic nitrogens is 2. The molecule has 3 rings (SSSR count). The Labute approximate surface area is 168 Å². The Morgan fingerprint density at radius 3 is 2.89 bits per heavy atom. The number of ether oxygens (including phenoxy) is 1. The van der Waals surface area contributed by atoms with Gasteiger partial charge in [-0.3, -0.25) is 9.78 Å². The standard InChI is InChI=1S/C20H20ClN5O2/c1-13-7-15(5-6-26(13)12-22)17-4-3-14(10-23-17)8-20(27)25-19-9-18(28-2)16(21)11-24-19/h3-5,9-11,13H,6-8H2,1-2H3,(H,24,25,27). The Bertz CT molecular complexity index is 937. The van der Waals surface area contributed by atoms with Gasteiger partial charge in [0.05, 0.1) is 25.4 Å². The number of carbonyl (C=O) groups excluding carboxylic acids is 1. The fourth-order valence-electron chi connectivity index (χ4n) is 2.99. The third-order valence-electron chi connectivity index (χ3n) is 4.54. The molecule has 7 nitrogen and oxygen atoms in total. The molecule has 0 fully saturated rings. The summed E-state index contributed by atoms with van der Waals surface area (Å²) in [4.78, 5) is 22.6. The highest BCUT2D eigenvalue weighted by Gasteiger charge is 2.19. The summed E-state index contributed by atoms with van der Waals surface area (Å²) in [7, 11) is 1.50. The van der Waals surface area contributed by atoms with Crippen LogP contribution in [0.15, 0.2) is 36.7 Å². The molecular weight excluding hydrogens is 378 g/mol. The minimum absolute atomic E-state index is 0.154. The second kappa shape index (κ2) is 8.72. The number of rotatable bonds is 5. The van der Waals surface area contributed by atoms with Crippen molar-refractivity contribution in [2.75, 3.05) is 19.0 Å². The molecule has 0 aliphatic carbocycles. The van der Waals surface area contributed by atoms with E-state index in [1.807, 2.05) is 25.1 Å². The lowest BCUT2D eigenvalue weighted by molar-refractivity contribution is -0.115. The van der Waals surface area contributed by atoms with Crippen molar-refractivity contribution in [1.29, 1.82) is 5.26 Å². The molecule has 2 aromatic heterocycles. The largest absolute Gasteiger partial charge is 0.495 e. The van der Waals surface area contributed by atoms with Crippen molar-refractivity contribution in [2.24, 2.45) is 0 Å². The first-order chi connectivity index (χ1) is 13.5. The number of methoxy groups -OCH3 is 1. The van der Waals surface area contributed by atoms with Crippen LogP contribution in [0.4, 0.5) is 5.82 Å². The molecule has 0 aromatic carbocycles. The van der Waals surface area contributed by atoms with Gasteiger partial charge in [-0.05, 0) is 30.5 Å². The van der Waals surface area contributed by atoms with E-state index in [-0.39, 0.29) is 18.4 Å². The predicted molar refractivity (Wildman–Crippen MR) is 107 cm³/mol. The van der Waals surface area contributed by atoms with Crippen LogP contribution in [0.25, 0.3) is 5.57 Å². The monoisotopic (exact) mass is 397 g/mol. The highest BCUT2D eigenvalue weighted by Crippen LogP contribution is 2.26. The van der Waals surface area contributed by atoms with Gasteiger partial charge >= 0.3 is 0 Å². The summed E-state index contributed by atoms with van der Waals surface area (Å²) in [6, 6.07) is 5.52. The van der Waals surface area contributed by atoms with E-state index < -0.39 is 0 Å². The molecular formula is C20H20ClN5O2. The van der Waals surface area contributed by atoms with Crippen LogP contribution >= 0.6 is 11.6 Å². The molecule has 0 bridgehead atoms. The SMILES string of the molecule is COc1cc(NC(=O)Cc2ccc(C3=CCN(C#N)C(C)C3)nc2)ncc1Cl. The maximum atomic E-state index is 12.3. The normalized spacial score (nSPS) is 16.1. The van der Waals surface area contributed by atoms with Crippen molar-refractivity contribution in [3.8, 4) is 11.9 Å². The minimum atomic E-state index is -0.207. The zero-order valence-electron chi connectivity index (χ0n) is 15.6. The second-order valence-electron chi connectivity index (χ2n) is 6.52. The molecule has 144 valence electrons. The van der Waals surface area contributed by atoms with Gasteiger partial charge in [0.1, 0.15) is 16.6 Å². The van der Waals surface area contributed by atoms with Gasteiger partial charge in [-0.15, -0.1) is 0 Å². The van der Waals surface area contributed by atoms with Gasteiger partial charge in [0, 0.05) is 24.8 Å². The van der Waals surface area contributed by atoms with Crippen LogP contribution in [-0.2, 0) is 11.2 Å². The highest BCUT2D eigenvalue weighted by molar-refractivity contribution is 6.32. The van der Waals surface area contributed by atoms with Crippen LogP contribution < -0.4 is 10.1 Å². The van der Waals surface area contributed by atoms with Gasteiger partial charge in [-0.2, -0.15) is 5.26 Å². The fourth-order valence-corrected chi connectivity index (χ4v) is 3.17. The smallest absolute Gasteiger partial charge is 0.230 e. The maximum absolute atomic E-state index is 12.3. The van der Waals surface area contributed by atoms with Gasteiger partial charge in [-0.25, -0.2) is 4.98 Å². The number of nitrogens with zero attached hydrogens (tertiary/aromatic N) is 4. The third kappa shape index (κ3) is 4.59. The number of pyridine rings is 2. The zero-order valence-corrected chi connectivity index (χ0v) is 16.4. The quantitative estimate of drug-likeness (QED) is 0.778. The molecule has 1 aliphatic rings. The van der Waals surface area contributed by atoms with E-state index in [9.17, 15) is 4.79 Å². The van der Waals surface area contributed by atoms with Crippen LogP contribution in [0.2, 0.25) is 5.02 Å². The van der Waals surface area contributed by atoms with Crippen LogP contribution in [0, 0.1) is 11.5 Å². The van der Waals surface area contributed by atoms with Crippen molar-refractivity contribution in [1.82, 2.24) is 14.9 Å². The Hall–Kier alpha value is -3.11. The van der Waals surface area contributed by atoms with E-state index in [0.717, 1.165) is 23.3 Å². The van der Waals surface area contributed by atoms with Crippen LogP contribution in [0.5, 0.6) is 5.75 Å². The average Bonchev–Trinajstić information content (AvgIpc) is 2.70. The first-order valence-electron chi connectivity index (χ1n) is 8.80. The summed E-state index contributed by atoms with van der Waals surface area (Å²) in [6.45, 7) is 2.62. The number of amides is 1. The number of anilines is 1. The lowest BCUT2D eigenvalue weighted by atomic mass is 9.98. The van der Waals surface area contributed by atoms with Gasteiger partial charge < -0.3 is 15.0 Å². The number of carbonyl (C=O) groups is 1. The van der Waals surface area contributed by atoms with Gasteiger partial charge in [0.25, 0.3) is 0 Å². The molecule has 1 amide bonds. The summed E-state index contributed by atoms with van der Waals surface area (Å²) in [5.41, 5.74) is 2.79. The molecule has 0 saturated carbocycles. The van der Waals surface area contributed by atoms with Crippen LogP contribution in [0.3, 0.4) is 0 Å². The second-order valence-corrected chi connectivity index (χ2v) is 6.92. The Balaban J connectivity index is 1.62. The van der Waals surface area contributed by atoms with Crippen molar-refractivity contribution in [3.63, 3.8) is 0 Å². The predicted octanol–water partition coefficient (Wildman–Crippen LogP) is 3.28.